The molecule has 1 saturated carbocycles. The molecule has 1 amide bonds. The molecule has 1 aliphatic heterocycles. The quantitative estimate of drug-likeness (QED) is 0.798. The van der Waals surface area contributed by atoms with E-state index >= 15 is 0 Å². The fourth-order valence-electron chi connectivity index (χ4n) is 2.56. The van der Waals surface area contributed by atoms with E-state index in [1.807, 2.05) is 0 Å². The number of ether oxygens (including phenoxy) is 1. The van der Waals surface area contributed by atoms with Crippen LogP contribution in [0, 0.1) is 5.92 Å². The first kappa shape index (κ1) is 14.7. The zero-order chi connectivity index (χ0) is 11.2. The first-order valence-electron chi connectivity index (χ1n) is 6.45. The summed E-state index contributed by atoms with van der Waals surface area (Å²) in [4.78, 5) is 11.7. The summed E-state index contributed by atoms with van der Waals surface area (Å²) in [5, 5.41) is 6.16. The lowest BCUT2D eigenvalue weighted by molar-refractivity contribution is -0.125. The van der Waals surface area contributed by atoms with Gasteiger partial charge in [-0.1, -0.05) is 25.7 Å². The monoisotopic (exact) mass is 262 g/mol. The number of carbonyl (C=O) groups is 1. The van der Waals surface area contributed by atoms with E-state index in [2.05, 4.69) is 10.6 Å². The van der Waals surface area contributed by atoms with Crippen molar-refractivity contribution in [3.8, 4) is 0 Å². The van der Waals surface area contributed by atoms with Crippen molar-refractivity contribution < 1.29 is 9.53 Å². The van der Waals surface area contributed by atoms with Crippen molar-refractivity contribution in [1.29, 1.82) is 0 Å². The minimum absolute atomic E-state index is 0. The number of morpholine rings is 1. The maximum Gasteiger partial charge on any atom is 0.239 e. The van der Waals surface area contributed by atoms with Crippen molar-refractivity contribution >= 4 is 18.3 Å². The molecule has 2 aliphatic rings. The highest BCUT2D eigenvalue weighted by molar-refractivity contribution is 5.85. The molecule has 0 aromatic heterocycles. The van der Waals surface area contributed by atoms with E-state index in [4.69, 9.17) is 4.74 Å². The maximum absolute atomic E-state index is 11.7. The molecule has 0 bridgehead atoms. The molecule has 0 aromatic rings. The van der Waals surface area contributed by atoms with Gasteiger partial charge in [0, 0.05) is 13.1 Å². The number of hydrogen-bond acceptors (Lipinski definition) is 3. The van der Waals surface area contributed by atoms with Crippen LogP contribution in [0.2, 0.25) is 0 Å². The molecule has 0 aromatic carbocycles. The van der Waals surface area contributed by atoms with Crippen LogP contribution in [0.15, 0.2) is 0 Å². The fraction of sp³-hybridized carbons (Fsp3) is 0.917. The van der Waals surface area contributed by atoms with Gasteiger partial charge in [-0.25, -0.2) is 0 Å². The van der Waals surface area contributed by atoms with Crippen LogP contribution in [-0.2, 0) is 9.53 Å². The van der Waals surface area contributed by atoms with Gasteiger partial charge in [-0.15, -0.1) is 12.4 Å². The Kier molecular flexibility index (Phi) is 6.85. The molecule has 1 unspecified atom stereocenters. The normalized spacial score (nSPS) is 25.3. The van der Waals surface area contributed by atoms with E-state index in [1.54, 1.807) is 0 Å². The Hall–Kier alpha value is -0.320. The summed E-state index contributed by atoms with van der Waals surface area (Å²) in [6.45, 7) is 2.82. The highest BCUT2D eigenvalue weighted by Crippen LogP contribution is 2.26. The molecule has 1 aliphatic carbocycles. The first-order chi connectivity index (χ1) is 7.86. The first-order valence-corrected chi connectivity index (χ1v) is 6.45. The third kappa shape index (κ3) is 4.82. The highest BCUT2D eigenvalue weighted by Gasteiger charge is 2.21. The largest absolute Gasteiger partial charge is 0.378 e. The van der Waals surface area contributed by atoms with Crippen LogP contribution in [0.1, 0.15) is 32.1 Å². The molecular formula is C12H23ClN2O2. The van der Waals surface area contributed by atoms with Crippen LogP contribution in [0.3, 0.4) is 0 Å². The predicted molar refractivity (Wildman–Crippen MR) is 69.4 cm³/mol. The number of carbonyl (C=O) groups excluding carboxylic acids is 1. The second-order valence-electron chi connectivity index (χ2n) is 4.81. The van der Waals surface area contributed by atoms with Gasteiger partial charge >= 0.3 is 0 Å². The van der Waals surface area contributed by atoms with Crippen LogP contribution < -0.4 is 10.6 Å². The molecule has 0 spiro atoms. The molecule has 1 heterocycles. The molecule has 100 valence electrons. The third-order valence-electron chi connectivity index (χ3n) is 3.56. The van der Waals surface area contributed by atoms with Crippen molar-refractivity contribution in [3.05, 3.63) is 0 Å². The minimum atomic E-state index is -0.141. The van der Waals surface area contributed by atoms with Gasteiger partial charge in [0.05, 0.1) is 13.2 Å². The molecule has 17 heavy (non-hydrogen) atoms. The van der Waals surface area contributed by atoms with E-state index < -0.39 is 0 Å². The number of hydrogen-bond donors (Lipinski definition) is 2. The summed E-state index contributed by atoms with van der Waals surface area (Å²) in [5.74, 6) is 0.938. The molecule has 5 heteroatoms. The van der Waals surface area contributed by atoms with Crippen molar-refractivity contribution in [2.45, 2.75) is 38.1 Å². The SMILES string of the molecule is Cl.O=C(NCCC1CCCC1)C1COCCN1. The van der Waals surface area contributed by atoms with Gasteiger partial charge in [0.1, 0.15) is 6.04 Å². The van der Waals surface area contributed by atoms with Gasteiger partial charge in [-0.3, -0.25) is 4.79 Å². The molecule has 2 rings (SSSR count). The Balaban J connectivity index is 0.00000144. The molecule has 2 fully saturated rings. The fourth-order valence-corrected chi connectivity index (χ4v) is 2.56. The summed E-state index contributed by atoms with van der Waals surface area (Å²) < 4.78 is 5.26. The van der Waals surface area contributed by atoms with Gasteiger partial charge < -0.3 is 15.4 Å². The minimum Gasteiger partial charge on any atom is -0.378 e. The molecule has 2 N–H and O–H groups in total. The summed E-state index contributed by atoms with van der Waals surface area (Å²) in [6.07, 6.45) is 6.58. The van der Waals surface area contributed by atoms with E-state index in [0.29, 0.717) is 13.2 Å². The van der Waals surface area contributed by atoms with E-state index in [-0.39, 0.29) is 24.4 Å². The van der Waals surface area contributed by atoms with Crippen molar-refractivity contribution in [2.75, 3.05) is 26.3 Å². The van der Waals surface area contributed by atoms with Crippen LogP contribution in [0.5, 0.6) is 0 Å². The molecular weight excluding hydrogens is 240 g/mol. The molecule has 4 nitrogen and oxygen atoms in total. The van der Waals surface area contributed by atoms with Crippen LogP contribution in [-0.4, -0.2) is 38.3 Å². The average Bonchev–Trinajstić information content (AvgIpc) is 2.83. The van der Waals surface area contributed by atoms with Crippen molar-refractivity contribution in [1.82, 2.24) is 10.6 Å². The summed E-state index contributed by atoms with van der Waals surface area (Å²) in [6, 6.07) is -0.141. The number of rotatable bonds is 4. The smallest absolute Gasteiger partial charge is 0.239 e. The summed E-state index contributed by atoms with van der Waals surface area (Å²) in [7, 11) is 0. The Labute approximate surface area is 109 Å². The second kappa shape index (κ2) is 7.90. The Bertz CT molecular complexity index is 227. The van der Waals surface area contributed by atoms with Crippen LogP contribution >= 0.6 is 12.4 Å². The Morgan fingerprint density at radius 2 is 2.12 bits per heavy atom. The second-order valence-corrected chi connectivity index (χ2v) is 4.81. The van der Waals surface area contributed by atoms with Crippen LogP contribution in [0.25, 0.3) is 0 Å². The van der Waals surface area contributed by atoms with Gasteiger partial charge in [0.25, 0.3) is 0 Å². The predicted octanol–water partition coefficient (Wildman–Crippen LogP) is 1.09. The highest BCUT2D eigenvalue weighted by atomic mass is 35.5. The lowest BCUT2D eigenvalue weighted by atomic mass is 10.0. The van der Waals surface area contributed by atoms with Gasteiger partial charge in [-0.2, -0.15) is 0 Å². The molecule has 1 atom stereocenters. The lowest BCUT2D eigenvalue weighted by Crippen LogP contribution is -2.51. The molecule has 1 saturated heterocycles. The number of nitrogens with one attached hydrogen (secondary N) is 2. The van der Waals surface area contributed by atoms with Gasteiger partial charge in [0.15, 0.2) is 0 Å². The summed E-state index contributed by atoms with van der Waals surface area (Å²) >= 11 is 0. The van der Waals surface area contributed by atoms with E-state index in [9.17, 15) is 4.79 Å². The zero-order valence-corrected chi connectivity index (χ0v) is 11.1. The molecule has 0 radical (unpaired) electrons. The Morgan fingerprint density at radius 1 is 1.35 bits per heavy atom. The topological polar surface area (TPSA) is 50.4 Å². The standard InChI is InChI=1S/C12H22N2O2.ClH/c15-12(11-9-16-8-7-13-11)14-6-5-10-3-1-2-4-10;/h10-11,13H,1-9H2,(H,14,15);1H. The Morgan fingerprint density at radius 3 is 2.76 bits per heavy atom. The number of halogens is 1. The summed E-state index contributed by atoms with van der Waals surface area (Å²) in [5.41, 5.74) is 0. The van der Waals surface area contributed by atoms with Gasteiger partial charge in [0.2, 0.25) is 5.91 Å². The zero-order valence-electron chi connectivity index (χ0n) is 10.2. The van der Waals surface area contributed by atoms with E-state index in [0.717, 1.165) is 25.4 Å². The van der Waals surface area contributed by atoms with E-state index in [1.165, 1.54) is 25.7 Å². The average molecular weight is 263 g/mol. The van der Waals surface area contributed by atoms with Crippen LogP contribution in [0.4, 0.5) is 0 Å². The van der Waals surface area contributed by atoms with Gasteiger partial charge in [-0.05, 0) is 12.3 Å². The maximum atomic E-state index is 11.7. The third-order valence-corrected chi connectivity index (χ3v) is 3.56. The van der Waals surface area contributed by atoms with Crippen molar-refractivity contribution in [2.24, 2.45) is 5.92 Å². The van der Waals surface area contributed by atoms with Crippen molar-refractivity contribution in [3.63, 3.8) is 0 Å². The number of amides is 1. The lowest BCUT2D eigenvalue weighted by Gasteiger charge is -2.23.